The van der Waals surface area contributed by atoms with E-state index < -0.39 is 11.9 Å². The van der Waals surface area contributed by atoms with E-state index in [4.69, 9.17) is 18.9 Å². The average molecular weight is 527 g/mol. The molecule has 3 aromatic carbocycles. The molecule has 202 valence electrons. The zero-order valence-corrected chi connectivity index (χ0v) is 22.5. The fourth-order valence-corrected chi connectivity index (χ4v) is 4.76. The summed E-state index contributed by atoms with van der Waals surface area (Å²) in [6.07, 6.45) is 1.77. The number of esters is 2. The van der Waals surface area contributed by atoms with Crippen LogP contribution in [0.3, 0.4) is 0 Å². The van der Waals surface area contributed by atoms with Crippen molar-refractivity contribution < 1.29 is 28.5 Å². The largest absolute Gasteiger partial charge is 0.490 e. The summed E-state index contributed by atoms with van der Waals surface area (Å²) in [6.45, 7) is 11.2. The molecule has 0 radical (unpaired) electrons. The second kappa shape index (κ2) is 12.5. The molecule has 0 fully saturated rings. The molecule has 6 nitrogen and oxygen atoms in total. The summed E-state index contributed by atoms with van der Waals surface area (Å²) < 4.78 is 21.8. The number of hydrogen-bond donors (Lipinski definition) is 0. The number of ether oxygens (including phenoxy) is 4. The summed E-state index contributed by atoms with van der Waals surface area (Å²) in [5, 5.41) is 0. The molecule has 0 bridgehead atoms. The summed E-state index contributed by atoms with van der Waals surface area (Å²) >= 11 is 0. The van der Waals surface area contributed by atoms with Crippen molar-refractivity contribution in [2.24, 2.45) is 0 Å². The normalized spacial score (nSPS) is 13.2. The molecule has 1 aliphatic carbocycles. The molecular formula is C33H34O6. The Bertz CT molecular complexity index is 1230. The SMILES string of the molecule is C=C(C)C(=O)OCCOc1ccc(C2(c3ccc(OCCOC(=O)C(=C)C)cc3)Cc3ccccc3C2)cc1. The molecule has 0 saturated carbocycles. The van der Waals surface area contributed by atoms with E-state index in [1.54, 1.807) is 13.8 Å². The maximum atomic E-state index is 11.5. The third-order valence-corrected chi connectivity index (χ3v) is 6.78. The van der Waals surface area contributed by atoms with Crippen LogP contribution in [0.25, 0.3) is 0 Å². The maximum Gasteiger partial charge on any atom is 0.333 e. The molecule has 3 aromatic rings. The second-order valence-electron chi connectivity index (χ2n) is 9.78. The molecule has 0 unspecified atom stereocenters. The standard InChI is InChI=1S/C33H34O6/c1-23(2)31(34)38-19-17-36-29-13-9-27(10-14-29)33(21-25-7-5-6-8-26(25)22-33)28-11-15-30(16-12-28)37-18-20-39-32(35)24(3)4/h5-16H,1,3,17-22H2,2,4H3. The smallest absolute Gasteiger partial charge is 0.333 e. The molecule has 6 heteroatoms. The molecule has 0 spiro atoms. The number of carbonyl (C=O) groups is 2. The molecule has 1 aliphatic rings. The van der Waals surface area contributed by atoms with Crippen LogP contribution in [0.5, 0.6) is 11.5 Å². The van der Waals surface area contributed by atoms with Gasteiger partial charge in [0.05, 0.1) is 0 Å². The molecule has 4 rings (SSSR count). The molecular weight excluding hydrogens is 492 g/mol. The molecule has 0 heterocycles. The minimum absolute atomic E-state index is 0.164. The lowest BCUT2D eigenvalue weighted by Gasteiger charge is -2.31. The third kappa shape index (κ3) is 6.77. The van der Waals surface area contributed by atoms with Gasteiger partial charge in [0.25, 0.3) is 0 Å². The van der Waals surface area contributed by atoms with Crippen molar-refractivity contribution >= 4 is 11.9 Å². The second-order valence-corrected chi connectivity index (χ2v) is 9.78. The molecule has 0 saturated heterocycles. The van der Waals surface area contributed by atoms with Crippen LogP contribution in [0.2, 0.25) is 0 Å². The lowest BCUT2D eigenvalue weighted by atomic mass is 9.72. The Kier molecular flexibility index (Phi) is 8.87. The van der Waals surface area contributed by atoms with Crippen LogP contribution >= 0.6 is 0 Å². The Balaban J connectivity index is 1.46. The summed E-state index contributed by atoms with van der Waals surface area (Å²) in [5.41, 5.74) is 5.58. The van der Waals surface area contributed by atoms with Gasteiger partial charge in [0, 0.05) is 16.6 Å². The van der Waals surface area contributed by atoms with Crippen molar-refractivity contribution in [3.8, 4) is 11.5 Å². The van der Waals surface area contributed by atoms with Gasteiger partial charge in [-0.15, -0.1) is 0 Å². The summed E-state index contributed by atoms with van der Waals surface area (Å²) in [6, 6.07) is 24.9. The van der Waals surface area contributed by atoms with E-state index in [1.165, 1.54) is 22.3 Å². The third-order valence-electron chi connectivity index (χ3n) is 6.78. The number of rotatable bonds is 12. The lowest BCUT2D eigenvalue weighted by molar-refractivity contribution is -0.140. The highest BCUT2D eigenvalue weighted by molar-refractivity contribution is 5.87. The fourth-order valence-electron chi connectivity index (χ4n) is 4.76. The summed E-state index contributed by atoms with van der Waals surface area (Å²) in [7, 11) is 0. The Morgan fingerprint density at radius 3 is 1.38 bits per heavy atom. The van der Waals surface area contributed by atoms with Crippen molar-refractivity contribution in [2.75, 3.05) is 26.4 Å². The van der Waals surface area contributed by atoms with Crippen LogP contribution in [0.4, 0.5) is 0 Å². The summed E-state index contributed by atoms with van der Waals surface area (Å²) in [4.78, 5) is 23.1. The van der Waals surface area contributed by atoms with Gasteiger partial charge in [-0.1, -0.05) is 61.7 Å². The molecule has 39 heavy (non-hydrogen) atoms. The number of carbonyl (C=O) groups excluding carboxylic acids is 2. The van der Waals surface area contributed by atoms with Gasteiger partial charge >= 0.3 is 11.9 Å². The molecule has 0 N–H and O–H groups in total. The van der Waals surface area contributed by atoms with E-state index in [0.29, 0.717) is 22.6 Å². The van der Waals surface area contributed by atoms with E-state index in [9.17, 15) is 9.59 Å². The molecule has 0 amide bonds. The van der Waals surface area contributed by atoms with Crippen LogP contribution in [-0.4, -0.2) is 38.4 Å². The highest BCUT2D eigenvalue weighted by Gasteiger charge is 2.40. The van der Waals surface area contributed by atoms with E-state index in [-0.39, 0.29) is 31.8 Å². The van der Waals surface area contributed by atoms with Crippen LogP contribution in [0, 0.1) is 0 Å². The van der Waals surface area contributed by atoms with Gasteiger partial charge in [0.2, 0.25) is 0 Å². The van der Waals surface area contributed by atoms with Gasteiger partial charge in [0.1, 0.15) is 37.9 Å². The Hall–Kier alpha value is -4.32. The van der Waals surface area contributed by atoms with E-state index >= 15 is 0 Å². The van der Waals surface area contributed by atoms with Crippen LogP contribution in [0.1, 0.15) is 36.1 Å². The van der Waals surface area contributed by atoms with Gasteiger partial charge in [-0.05, 0) is 73.2 Å². The number of hydrogen-bond acceptors (Lipinski definition) is 6. The minimum atomic E-state index is -0.417. The molecule has 0 aliphatic heterocycles. The average Bonchev–Trinajstić information content (AvgIpc) is 3.34. The lowest BCUT2D eigenvalue weighted by Crippen LogP contribution is -2.28. The monoisotopic (exact) mass is 526 g/mol. The fraction of sp³-hybridized carbons (Fsp3) is 0.273. The highest BCUT2D eigenvalue weighted by atomic mass is 16.6. The van der Waals surface area contributed by atoms with E-state index in [0.717, 1.165) is 12.8 Å². The first-order chi connectivity index (χ1) is 18.8. The van der Waals surface area contributed by atoms with E-state index in [2.05, 4.69) is 61.7 Å². The molecule has 0 aromatic heterocycles. The molecule has 0 atom stereocenters. The summed E-state index contributed by atoms with van der Waals surface area (Å²) in [5.74, 6) is 0.595. The van der Waals surface area contributed by atoms with Gasteiger partial charge in [-0.2, -0.15) is 0 Å². The Morgan fingerprint density at radius 2 is 1.03 bits per heavy atom. The van der Waals surface area contributed by atoms with Crippen LogP contribution in [0.15, 0.2) is 97.1 Å². The quantitative estimate of drug-likeness (QED) is 0.170. The van der Waals surface area contributed by atoms with Crippen LogP contribution in [-0.2, 0) is 37.3 Å². The van der Waals surface area contributed by atoms with Crippen molar-refractivity contribution in [2.45, 2.75) is 32.1 Å². The number of fused-ring (bicyclic) bond motifs is 1. The topological polar surface area (TPSA) is 71.1 Å². The Morgan fingerprint density at radius 1 is 0.641 bits per heavy atom. The predicted molar refractivity (Wildman–Crippen MR) is 150 cm³/mol. The minimum Gasteiger partial charge on any atom is -0.490 e. The first kappa shape index (κ1) is 27.7. The zero-order valence-electron chi connectivity index (χ0n) is 22.5. The highest BCUT2D eigenvalue weighted by Crippen LogP contribution is 2.45. The van der Waals surface area contributed by atoms with Gasteiger partial charge in [-0.3, -0.25) is 0 Å². The van der Waals surface area contributed by atoms with Crippen molar-refractivity contribution in [1.82, 2.24) is 0 Å². The van der Waals surface area contributed by atoms with Gasteiger partial charge in [-0.25, -0.2) is 9.59 Å². The number of benzene rings is 3. The van der Waals surface area contributed by atoms with Gasteiger partial charge in [0.15, 0.2) is 0 Å². The van der Waals surface area contributed by atoms with E-state index in [1.807, 2.05) is 24.3 Å². The first-order valence-electron chi connectivity index (χ1n) is 13.0. The maximum absolute atomic E-state index is 11.5. The van der Waals surface area contributed by atoms with Crippen molar-refractivity contribution in [3.63, 3.8) is 0 Å². The van der Waals surface area contributed by atoms with Gasteiger partial charge < -0.3 is 18.9 Å². The zero-order chi connectivity index (χ0) is 27.8. The first-order valence-corrected chi connectivity index (χ1v) is 13.0. The van der Waals surface area contributed by atoms with Crippen molar-refractivity contribution in [1.29, 1.82) is 0 Å². The Labute approximate surface area is 229 Å². The van der Waals surface area contributed by atoms with Crippen molar-refractivity contribution in [3.05, 3.63) is 119 Å². The predicted octanol–water partition coefficient (Wildman–Crippen LogP) is 5.77. The van der Waals surface area contributed by atoms with Crippen LogP contribution < -0.4 is 9.47 Å².